The molecule has 2 fully saturated rings. The largest absolute Gasteiger partial charge is 0.451 e. The summed E-state index contributed by atoms with van der Waals surface area (Å²) >= 11 is 0. The predicted molar refractivity (Wildman–Crippen MR) is 153 cm³/mol. The Labute approximate surface area is 230 Å². The zero-order valence-corrected chi connectivity index (χ0v) is 22.2. The fraction of sp³-hybridized carbons (Fsp3) is 0.355. The molecule has 9 heteroatoms. The van der Waals surface area contributed by atoms with E-state index in [4.69, 9.17) is 4.74 Å². The van der Waals surface area contributed by atoms with E-state index < -0.39 is 23.3 Å². The normalized spacial score (nSPS) is 18.6. The predicted octanol–water partition coefficient (Wildman–Crippen LogP) is 4.18. The standard InChI is InChI=1S/C31H31FN4O4/c32-24-16-22-27-30(28(24)35-12-5-8-21(37)17-35)40-26-15-20-7-2-1-6-19(20)14-25(26)36(27)18-23(29(22)38)31(39)33-9-13-34-10-3-4-11-34/h1-2,6-7,14-16,18,21,37H,3-5,8-13,17H2,(H,33,39). The molecular formula is C31H31FN4O4. The number of hydrogen-bond acceptors (Lipinski definition) is 6. The Hall–Kier alpha value is -3.95. The molecule has 3 aliphatic rings. The number of carbonyl (C=O) groups excluding carboxylic acids is 1. The van der Waals surface area contributed by atoms with Gasteiger partial charge in [-0.05, 0) is 67.7 Å². The summed E-state index contributed by atoms with van der Waals surface area (Å²) < 4.78 is 24.1. The second-order valence-electron chi connectivity index (χ2n) is 11.0. The van der Waals surface area contributed by atoms with Gasteiger partial charge in [0.2, 0.25) is 5.43 Å². The third-order valence-electron chi connectivity index (χ3n) is 8.34. The summed E-state index contributed by atoms with van der Waals surface area (Å²) in [4.78, 5) is 31.1. The number of aromatic nitrogens is 1. The van der Waals surface area contributed by atoms with Gasteiger partial charge in [0.05, 0.1) is 17.2 Å². The van der Waals surface area contributed by atoms with Crippen molar-refractivity contribution in [2.24, 2.45) is 0 Å². The molecular weight excluding hydrogens is 511 g/mol. The first-order valence-electron chi connectivity index (χ1n) is 14.0. The number of rotatable bonds is 5. The number of benzene rings is 3. The molecule has 0 radical (unpaired) electrons. The molecule has 4 aromatic rings. The second-order valence-corrected chi connectivity index (χ2v) is 11.0. The van der Waals surface area contributed by atoms with E-state index >= 15 is 4.39 Å². The molecule has 4 heterocycles. The summed E-state index contributed by atoms with van der Waals surface area (Å²) in [5.41, 5.74) is 0.724. The number of fused-ring (bicyclic) bond motifs is 3. The Morgan fingerprint density at radius 1 is 1.07 bits per heavy atom. The Balaban J connectivity index is 1.39. The first-order chi connectivity index (χ1) is 19.5. The minimum absolute atomic E-state index is 0.0403. The smallest absolute Gasteiger partial charge is 0.256 e. The molecule has 1 aromatic heterocycles. The van der Waals surface area contributed by atoms with E-state index in [2.05, 4.69) is 10.2 Å². The Kier molecular flexibility index (Phi) is 6.20. The highest BCUT2D eigenvalue weighted by Gasteiger charge is 2.32. The number of β-amino-alcohol motifs (C(OH)–C–C–N with tert-alkyl or cyclic N) is 1. The van der Waals surface area contributed by atoms with E-state index in [-0.39, 0.29) is 28.9 Å². The van der Waals surface area contributed by atoms with E-state index in [0.717, 1.165) is 43.2 Å². The number of amides is 1. The minimum atomic E-state index is -0.615. The number of aliphatic hydroxyl groups is 1. The lowest BCUT2D eigenvalue weighted by atomic mass is 10.0. The Morgan fingerprint density at radius 3 is 2.62 bits per heavy atom. The monoisotopic (exact) mass is 542 g/mol. The number of hydrogen-bond donors (Lipinski definition) is 2. The van der Waals surface area contributed by atoms with Crippen molar-refractivity contribution in [3.63, 3.8) is 0 Å². The van der Waals surface area contributed by atoms with Crippen molar-refractivity contribution < 1.29 is 19.0 Å². The molecule has 206 valence electrons. The van der Waals surface area contributed by atoms with Gasteiger partial charge in [-0.3, -0.25) is 9.59 Å². The quantitative estimate of drug-likeness (QED) is 0.347. The van der Waals surface area contributed by atoms with Crippen molar-refractivity contribution in [3.05, 3.63) is 70.3 Å². The van der Waals surface area contributed by atoms with Gasteiger partial charge in [0, 0.05) is 32.4 Å². The van der Waals surface area contributed by atoms with Gasteiger partial charge in [0.1, 0.15) is 16.8 Å². The molecule has 0 aliphatic carbocycles. The van der Waals surface area contributed by atoms with Crippen molar-refractivity contribution >= 4 is 33.3 Å². The highest BCUT2D eigenvalue weighted by molar-refractivity contribution is 6.02. The van der Waals surface area contributed by atoms with Crippen molar-refractivity contribution in [2.75, 3.05) is 44.2 Å². The summed E-state index contributed by atoms with van der Waals surface area (Å²) in [7, 11) is 0. The zero-order chi connectivity index (χ0) is 27.4. The number of piperidine rings is 1. The van der Waals surface area contributed by atoms with Gasteiger partial charge in [-0.1, -0.05) is 24.3 Å². The number of pyridine rings is 1. The van der Waals surface area contributed by atoms with Crippen molar-refractivity contribution in [3.8, 4) is 17.2 Å². The van der Waals surface area contributed by atoms with E-state index in [1.165, 1.54) is 6.07 Å². The highest BCUT2D eigenvalue weighted by atomic mass is 19.1. The van der Waals surface area contributed by atoms with Crippen LogP contribution >= 0.6 is 0 Å². The van der Waals surface area contributed by atoms with Gasteiger partial charge < -0.3 is 29.5 Å². The van der Waals surface area contributed by atoms with Gasteiger partial charge >= 0.3 is 0 Å². The van der Waals surface area contributed by atoms with Crippen LogP contribution < -0.4 is 20.4 Å². The summed E-state index contributed by atoms with van der Waals surface area (Å²) in [6.45, 7) is 4.01. The van der Waals surface area contributed by atoms with E-state index in [1.54, 1.807) is 15.7 Å². The van der Waals surface area contributed by atoms with E-state index in [1.807, 2.05) is 36.4 Å². The van der Waals surface area contributed by atoms with Crippen LogP contribution in [0.3, 0.4) is 0 Å². The van der Waals surface area contributed by atoms with Crippen LogP contribution in [0.1, 0.15) is 36.0 Å². The Bertz CT molecular complexity index is 1710. The first-order valence-corrected chi connectivity index (χ1v) is 14.0. The summed E-state index contributed by atoms with van der Waals surface area (Å²) in [6, 6.07) is 12.9. The van der Waals surface area contributed by atoms with Crippen LogP contribution in [0.25, 0.3) is 27.4 Å². The van der Waals surface area contributed by atoms with Crippen LogP contribution in [0.4, 0.5) is 10.1 Å². The number of aliphatic hydroxyl groups excluding tert-OH is 1. The fourth-order valence-electron chi connectivity index (χ4n) is 6.33. The van der Waals surface area contributed by atoms with Gasteiger partial charge in [-0.15, -0.1) is 0 Å². The van der Waals surface area contributed by atoms with Crippen LogP contribution in [-0.4, -0.2) is 65.9 Å². The third kappa shape index (κ3) is 4.20. The summed E-state index contributed by atoms with van der Waals surface area (Å²) in [6.07, 6.45) is 4.66. The molecule has 7 rings (SSSR count). The van der Waals surface area contributed by atoms with E-state index in [9.17, 15) is 14.7 Å². The number of ether oxygens (including phenoxy) is 1. The maximum atomic E-state index is 15.9. The van der Waals surface area contributed by atoms with Gasteiger partial charge in [-0.25, -0.2) is 4.39 Å². The molecule has 40 heavy (non-hydrogen) atoms. The van der Waals surface area contributed by atoms with Crippen molar-refractivity contribution in [2.45, 2.75) is 31.8 Å². The zero-order valence-electron chi connectivity index (χ0n) is 22.2. The minimum Gasteiger partial charge on any atom is -0.451 e. The van der Waals surface area contributed by atoms with Crippen LogP contribution in [0.15, 0.2) is 53.5 Å². The molecule has 3 aromatic carbocycles. The van der Waals surface area contributed by atoms with Gasteiger partial charge in [0.15, 0.2) is 17.3 Å². The molecule has 2 N–H and O–H groups in total. The molecule has 3 aliphatic heterocycles. The van der Waals surface area contributed by atoms with Gasteiger partial charge in [-0.2, -0.15) is 0 Å². The number of carbonyl (C=O) groups is 1. The van der Waals surface area contributed by atoms with Crippen molar-refractivity contribution in [1.29, 1.82) is 0 Å². The average Bonchev–Trinajstić information content (AvgIpc) is 3.47. The second kappa shape index (κ2) is 9.91. The number of nitrogens with one attached hydrogen (secondary N) is 1. The summed E-state index contributed by atoms with van der Waals surface area (Å²) in [5, 5.41) is 15.2. The van der Waals surface area contributed by atoms with Gasteiger partial charge in [0.25, 0.3) is 5.91 Å². The molecule has 1 unspecified atom stereocenters. The third-order valence-corrected chi connectivity index (χ3v) is 8.34. The number of likely N-dealkylation sites (tertiary alicyclic amines) is 1. The van der Waals surface area contributed by atoms with E-state index in [0.29, 0.717) is 42.9 Å². The summed E-state index contributed by atoms with van der Waals surface area (Å²) in [5.74, 6) is -0.365. The van der Waals surface area contributed by atoms with Crippen LogP contribution in [0.2, 0.25) is 0 Å². The number of anilines is 1. The average molecular weight is 543 g/mol. The number of nitrogens with zero attached hydrogens (tertiary/aromatic N) is 3. The molecule has 0 spiro atoms. The molecule has 1 amide bonds. The lowest BCUT2D eigenvalue weighted by molar-refractivity contribution is 0.0948. The topological polar surface area (TPSA) is 87.0 Å². The fourth-order valence-corrected chi connectivity index (χ4v) is 6.33. The molecule has 2 saturated heterocycles. The SMILES string of the molecule is O=C(NCCN1CCCC1)c1cn2c3c(c(N4CCCC(O)C4)c(F)cc3c1=O)Oc1cc3ccccc3cc1-2. The maximum Gasteiger partial charge on any atom is 0.256 e. The number of halogens is 1. The van der Waals surface area contributed by atoms with Crippen LogP contribution in [0.5, 0.6) is 11.5 Å². The van der Waals surface area contributed by atoms with Crippen LogP contribution in [-0.2, 0) is 0 Å². The highest BCUT2D eigenvalue weighted by Crippen LogP contribution is 2.47. The molecule has 8 nitrogen and oxygen atoms in total. The lowest BCUT2D eigenvalue weighted by Gasteiger charge is -2.35. The maximum absolute atomic E-state index is 15.9. The molecule has 1 atom stereocenters. The van der Waals surface area contributed by atoms with Crippen molar-refractivity contribution in [1.82, 2.24) is 14.8 Å². The molecule has 0 saturated carbocycles. The van der Waals surface area contributed by atoms with Crippen LogP contribution in [0, 0.1) is 5.82 Å². The Morgan fingerprint density at radius 2 is 1.85 bits per heavy atom. The first kappa shape index (κ1) is 25.0. The lowest BCUT2D eigenvalue weighted by Crippen LogP contribution is -2.39. The molecule has 0 bridgehead atoms.